The van der Waals surface area contributed by atoms with Crippen LogP contribution in [0.15, 0.2) is 48.8 Å². The Balaban J connectivity index is 1.43. The third-order valence-corrected chi connectivity index (χ3v) is 5.54. The number of rotatable bonds is 5. The minimum Gasteiger partial charge on any atom is -0.354 e. The van der Waals surface area contributed by atoms with E-state index in [0.29, 0.717) is 42.6 Å². The highest BCUT2D eigenvalue weighted by molar-refractivity contribution is 5.66. The third kappa shape index (κ3) is 3.94. The molecule has 1 atom stereocenters. The summed E-state index contributed by atoms with van der Waals surface area (Å²) in [6, 6.07) is 13.6. The molecule has 0 aromatic carbocycles. The first kappa shape index (κ1) is 18.5. The lowest BCUT2D eigenvalue weighted by Crippen LogP contribution is -2.20. The van der Waals surface area contributed by atoms with Crippen LogP contribution in [0.3, 0.4) is 0 Å². The second-order valence-corrected chi connectivity index (χ2v) is 7.85. The molecule has 0 radical (unpaired) electrons. The lowest BCUT2D eigenvalue weighted by atomic mass is 10.1. The van der Waals surface area contributed by atoms with E-state index in [0.717, 1.165) is 17.1 Å². The lowest BCUT2D eigenvalue weighted by Gasteiger charge is -2.16. The zero-order chi connectivity index (χ0) is 20.5. The molecule has 3 aromatic heterocycles. The topological polar surface area (TPSA) is 77.7 Å². The molecule has 2 fully saturated rings. The van der Waals surface area contributed by atoms with Crippen molar-refractivity contribution in [2.75, 3.05) is 23.3 Å². The van der Waals surface area contributed by atoms with Gasteiger partial charge in [-0.05, 0) is 67.1 Å². The summed E-state index contributed by atoms with van der Waals surface area (Å²) in [5, 5.41) is 12.3. The van der Waals surface area contributed by atoms with Crippen LogP contribution in [0.4, 0.5) is 21.8 Å². The molecule has 0 amide bonds. The summed E-state index contributed by atoms with van der Waals surface area (Å²) in [6.45, 7) is 1.11. The van der Waals surface area contributed by atoms with E-state index in [4.69, 9.17) is 10.2 Å². The Bertz CT molecular complexity index is 1100. The maximum Gasteiger partial charge on any atom is 0.132 e. The van der Waals surface area contributed by atoms with Crippen LogP contribution >= 0.6 is 0 Å². The fourth-order valence-electron chi connectivity index (χ4n) is 3.77. The average Bonchev–Trinajstić information content (AvgIpc) is 3.54. The van der Waals surface area contributed by atoms with Crippen molar-refractivity contribution in [1.82, 2.24) is 15.0 Å². The first-order valence-corrected chi connectivity index (χ1v) is 10.2. The zero-order valence-corrected chi connectivity index (χ0v) is 16.4. The predicted octanol–water partition coefficient (Wildman–Crippen LogP) is 4.58. The molecule has 7 heteroatoms. The first-order valence-electron chi connectivity index (χ1n) is 10.2. The summed E-state index contributed by atoms with van der Waals surface area (Å²) in [5.41, 5.74) is 3.53. The second kappa shape index (κ2) is 7.71. The Hall–Kier alpha value is -3.53. The van der Waals surface area contributed by atoms with E-state index in [2.05, 4.69) is 33.5 Å². The van der Waals surface area contributed by atoms with Crippen LogP contribution in [0.5, 0.6) is 0 Å². The van der Waals surface area contributed by atoms with Crippen LogP contribution < -0.4 is 10.2 Å². The van der Waals surface area contributed by atoms with E-state index in [-0.39, 0.29) is 0 Å². The Morgan fingerprint density at radius 1 is 1.07 bits per heavy atom. The molecule has 1 saturated carbocycles. The van der Waals surface area contributed by atoms with Gasteiger partial charge in [-0.1, -0.05) is 0 Å². The molecular weight excluding hydrogens is 379 g/mol. The van der Waals surface area contributed by atoms with Gasteiger partial charge >= 0.3 is 0 Å². The minimum absolute atomic E-state index is 0.407. The molecule has 2 aliphatic rings. The van der Waals surface area contributed by atoms with Crippen molar-refractivity contribution in [3.63, 3.8) is 0 Å². The van der Waals surface area contributed by atoms with Crippen LogP contribution in [0.25, 0.3) is 11.3 Å². The minimum atomic E-state index is -0.773. The summed E-state index contributed by atoms with van der Waals surface area (Å²) in [5.74, 6) is 2.64. The summed E-state index contributed by atoms with van der Waals surface area (Å²) >= 11 is 0. The lowest BCUT2D eigenvalue weighted by molar-refractivity contribution is 0.364. The summed E-state index contributed by atoms with van der Waals surface area (Å²) in [6.07, 6.45) is 5.56. The number of aromatic nitrogens is 3. The Kier molecular flexibility index (Phi) is 4.75. The highest BCUT2D eigenvalue weighted by Gasteiger charge is 2.25. The van der Waals surface area contributed by atoms with Crippen molar-refractivity contribution < 1.29 is 4.39 Å². The van der Waals surface area contributed by atoms with Gasteiger partial charge in [0.1, 0.15) is 23.6 Å². The van der Waals surface area contributed by atoms with E-state index >= 15 is 0 Å². The number of nitriles is 1. The second-order valence-electron chi connectivity index (χ2n) is 7.85. The molecule has 3 aromatic rings. The van der Waals surface area contributed by atoms with Gasteiger partial charge in [0.2, 0.25) is 0 Å². The fraction of sp³-hybridized carbons (Fsp3) is 0.304. The monoisotopic (exact) mass is 400 g/mol. The third-order valence-electron chi connectivity index (χ3n) is 5.54. The van der Waals surface area contributed by atoms with Gasteiger partial charge < -0.3 is 10.2 Å². The summed E-state index contributed by atoms with van der Waals surface area (Å²) in [4.78, 5) is 15.6. The van der Waals surface area contributed by atoms with Crippen LogP contribution in [0, 0.1) is 11.3 Å². The van der Waals surface area contributed by atoms with Crippen LogP contribution in [-0.2, 0) is 0 Å². The standard InChI is InChI=1S/C23H21FN6/c24-19-6-8-30(14-19)23-4-3-17(13-27-23)20-10-18(16-1-2-16)11-22(28-20)29-21-9-15(12-25)5-7-26-21/h3-5,7,9-11,13,16,19H,1-2,6,8,14H2,(H,26,28,29). The van der Waals surface area contributed by atoms with E-state index in [1.54, 1.807) is 24.5 Å². The van der Waals surface area contributed by atoms with Gasteiger partial charge in [-0.15, -0.1) is 0 Å². The molecule has 1 unspecified atom stereocenters. The van der Waals surface area contributed by atoms with Gasteiger partial charge in [-0.2, -0.15) is 5.26 Å². The van der Waals surface area contributed by atoms with Crippen molar-refractivity contribution >= 4 is 17.5 Å². The number of hydrogen-bond acceptors (Lipinski definition) is 6. The van der Waals surface area contributed by atoms with Gasteiger partial charge in [0, 0.05) is 24.5 Å². The Labute approximate surface area is 174 Å². The number of hydrogen-bond donors (Lipinski definition) is 1. The first-order chi connectivity index (χ1) is 14.7. The molecule has 1 aliphatic heterocycles. The molecule has 1 N–H and O–H groups in total. The van der Waals surface area contributed by atoms with E-state index < -0.39 is 6.17 Å². The molecule has 1 aliphatic carbocycles. The van der Waals surface area contributed by atoms with Crippen LogP contribution in [0.1, 0.15) is 36.3 Å². The number of nitrogens with zero attached hydrogens (tertiary/aromatic N) is 5. The Morgan fingerprint density at radius 2 is 1.97 bits per heavy atom. The predicted molar refractivity (Wildman–Crippen MR) is 113 cm³/mol. The SMILES string of the molecule is N#Cc1ccnc(Nc2cc(C3CC3)cc(-c3ccc(N4CCC(F)C4)nc3)n2)c1. The normalized spacial score (nSPS) is 18.3. The Morgan fingerprint density at radius 3 is 2.67 bits per heavy atom. The number of anilines is 3. The van der Waals surface area contributed by atoms with Crippen molar-refractivity contribution in [3.8, 4) is 17.3 Å². The molecule has 1 saturated heterocycles. The highest BCUT2D eigenvalue weighted by Crippen LogP contribution is 2.42. The average molecular weight is 400 g/mol. The van der Waals surface area contributed by atoms with E-state index in [9.17, 15) is 4.39 Å². The summed E-state index contributed by atoms with van der Waals surface area (Å²) in [7, 11) is 0. The van der Waals surface area contributed by atoms with Crippen molar-refractivity contribution in [2.24, 2.45) is 0 Å². The number of pyridine rings is 3. The van der Waals surface area contributed by atoms with Gasteiger partial charge in [0.25, 0.3) is 0 Å². The number of alkyl halides is 1. The largest absolute Gasteiger partial charge is 0.354 e. The molecule has 0 bridgehead atoms. The molecule has 5 rings (SSSR count). The maximum atomic E-state index is 13.5. The van der Waals surface area contributed by atoms with Crippen LogP contribution in [-0.4, -0.2) is 34.2 Å². The van der Waals surface area contributed by atoms with Gasteiger partial charge in [0.05, 0.1) is 23.9 Å². The smallest absolute Gasteiger partial charge is 0.132 e. The van der Waals surface area contributed by atoms with Crippen molar-refractivity contribution in [3.05, 3.63) is 59.9 Å². The molecule has 0 spiro atoms. The quantitative estimate of drug-likeness (QED) is 0.675. The highest BCUT2D eigenvalue weighted by atomic mass is 19.1. The molecule has 4 heterocycles. The number of halogens is 1. The zero-order valence-electron chi connectivity index (χ0n) is 16.4. The maximum absolute atomic E-state index is 13.5. The summed E-state index contributed by atoms with van der Waals surface area (Å²) < 4.78 is 13.5. The van der Waals surface area contributed by atoms with Gasteiger partial charge in [0.15, 0.2) is 0 Å². The number of nitrogens with one attached hydrogen (secondary N) is 1. The van der Waals surface area contributed by atoms with Crippen LogP contribution in [0.2, 0.25) is 0 Å². The van der Waals surface area contributed by atoms with Crippen molar-refractivity contribution in [2.45, 2.75) is 31.4 Å². The molecule has 150 valence electrons. The molecule has 30 heavy (non-hydrogen) atoms. The van der Waals surface area contributed by atoms with Crippen molar-refractivity contribution in [1.29, 1.82) is 5.26 Å². The van der Waals surface area contributed by atoms with E-state index in [1.165, 1.54) is 18.4 Å². The van der Waals surface area contributed by atoms with Gasteiger partial charge in [-0.25, -0.2) is 19.3 Å². The van der Waals surface area contributed by atoms with Gasteiger partial charge in [-0.3, -0.25) is 0 Å². The fourth-order valence-corrected chi connectivity index (χ4v) is 3.77. The van der Waals surface area contributed by atoms with E-state index in [1.807, 2.05) is 17.0 Å². The molecule has 6 nitrogen and oxygen atoms in total. The molecular formula is C23H21FN6.